The number of aromatic nitrogens is 3. The summed E-state index contributed by atoms with van der Waals surface area (Å²) in [5.74, 6) is 1.24. The number of rotatable bonds is 6. The first-order chi connectivity index (χ1) is 16.5. The van der Waals surface area contributed by atoms with Crippen LogP contribution in [0.4, 0.5) is 17.2 Å². The van der Waals surface area contributed by atoms with Crippen LogP contribution in [0.3, 0.4) is 0 Å². The molecule has 0 aliphatic carbocycles. The van der Waals surface area contributed by atoms with Gasteiger partial charge in [-0.15, -0.1) is 0 Å². The number of hydrogen-bond donors (Lipinski definition) is 2. The Bertz CT molecular complexity index is 1350. The van der Waals surface area contributed by atoms with Crippen LogP contribution in [0.5, 0.6) is 5.75 Å². The number of aliphatic imine (C=N–C) groups is 1. The zero-order chi connectivity index (χ0) is 23.5. The molecule has 2 aromatic heterocycles. The number of halogens is 1. The van der Waals surface area contributed by atoms with E-state index in [4.69, 9.17) is 21.1 Å². The minimum atomic E-state index is 0.0455. The molecule has 1 aliphatic rings. The molecule has 8 nitrogen and oxygen atoms in total. The van der Waals surface area contributed by atoms with E-state index < -0.39 is 0 Å². The lowest BCUT2D eigenvalue weighted by Crippen LogP contribution is -2.17. The summed E-state index contributed by atoms with van der Waals surface area (Å²) >= 11 is 6.47. The van der Waals surface area contributed by atoms with Crippen molar-refractivity contribution in [3.05, 3.63) is 77.8 Å². The highest BCUT2D eigenvalue weighted by molar-refractivity contribution is 6.32. The molecule has 34 heavy (non-hydrogen) atoms. The largest absolute Gasteiger partial charge is 0.486 e. The summed E-state index contributed by atoms with van der Waals surface area (Å²) in [6, 6.07) is 17.6. The molecule has 172 valence electrons. The molecule has 0 bridgehead atoms. The van der Waals surface area contributed by atoms with Gasteiger partial charge in [-0.2, -0.15) is 0 Å². The molecule has 0 saturated carbocycles. The third-order valence-electron chi connectivity index (χ3n) is 5.48. The average Bonchev–Trinajstić information content (AvgIpc) is 3.16. The van der Waals surface area contributed by atoms with E-state index in [1.807, 2.05) is 62.4 Å². The maximum absolute atomic E-state index is 6.47. The highest BCUT2D eigenvalue weighted by atomic mass is 35.5. The van der Waals surface area contributed by atoms with Crippen LogP contribution in [0.15, 0.2) is 72.1 Å². The highest BCUT2D eigenvalue weighted by Gasteiger charge is 2.23. The van der Waals surface area contributed by atoms with Gasteiger partial charge in [0.05, 0.1) is 22.3 Å². The maximum Gasteiger partial charge on any atom is 0.289 e. The zero-order valence-corrected chi connectivity index (χ0v) is 19.5. The van der Waals surface area contributed by atoms with Crippen molar-refractivity contribution < 1.29 is 9.47 Å². The van der Waals surface area contributed by atoms with E-state index in [1.165, 1.54) is 6.33 Å². The Balaban J connectivity index is 1.34. The summed E-state index contributed by atoms with van der Waals surface area (Å²) in [6.45, 7) is 4.36. The van der Waals surface area contributed by atoms with E-state index in [9.17, 15) is 0 Å². The van der Waals surface area contributed by atoms with Crippen LogP contribution in [-0.2, 0) is 11.3 Å². The molecule has 0 radical (unpaired) electrons. The fourth-order valence-electron chi connectivity index (χ4n) is 3.48. The highest BCUT2D eigenvalue weighted by Crippen LogP contribution is 2.31. The van der Waals surface area contributed by atoms with E-state index in [1.54, 1.807) is 12.3 Å². The van der Waals surface area contributed by atoms with Gasteiger partial charge in [-0.05, 0) is 62.4 Å². The smallest absolute Gasteiger partial charge is 0.289 e. The van der Waals surface area contributed by atoms with Crippen LogP contribution < -0.4 is 15.4 Å². The van der Waals surface area contributed by atoms with Gasteiger partial charge in [-0.25, -0.2) is 15.0 Å². The van der Waals surface area contributed by atoms with Crippen LogP contribution in [-0.4, -0.2) is 33.1 Å². The fraction of sp³-hybridized carbons (Fsp3) is 0.200. The summed E-state index contributed by atoms with van der Waals surface area (Å²) in [5.41, 5.74) is 3.25. The number of benzene rings is 2. The molecule has 2 N–H and O–H groups in total. The van der Waals surface area contributed by atoms with Crippen LogP contribution in [0.2, 0.25) is 5.02 Å². The molecular weight excluding hydrogens is 452 g/mol. The minimum Gasteiger partial charge on any atom is -0.486 e. The van der Waals surface area contributed by atoms with Gasteiger partial charge in [0.15, 0.2) is 0 Å². The number of nitrogens with one attached hydrogen (secondary N) is 2. The number of ether oxygens (including phenoxy) is 2. The Morgan fingerprint density at radius 3 is 2.59 bits per heavy atom. The van der Waals surface area contributed by atoms with Crippen molar-refractivity contribution in [1.82, 2.24) is 15.0 Å². The lowest BCUT2D eigenvalue weighted by Gasteiger charge is -2.13. The molecule has 3 heterocycles. The van der Waals surface area contributed by atoms with Crippen LogP contribution in [0.1, 0.15) is 19.5 Å². The predicted molar refractivity (Wildman–Crippen MR) is 134 cm³/mol. The van der Waals surface area contributed by atoms with E-state index in [-0.39, 0.29) is 12.1 Å². The molecule has 5 rings (SSSR count). The number of fused-ring (bicyclic) bond motifs is 1. The summed E-state index contributed by atoms with van der Waals surface area (Å²) < 4.78 is 11.6. The van der Waals surface area contributed by atoms with Crippen molar-refractivity contribution in [2.75, 3.05) is 10.6 Å². The quantitative estimate of drug-likeness (QED) is 0.377. The van der Waals surface area contributed by atoms with Gasteiger partial charge < -0.3 is 20.1 Å². The SMILES string of the molecule is C[C@@H]1N=C(Nc2ccc3ncnc(Nc4ccc(OCc5ccccn5)c(Cl)c4)c3c2)O[C@H]1C. The Hall–Kier alpha value is -3.91. The number of amidine groups is 1. The lowest BCUT2D eigenvalue weighted by molar-refractivity contribution is 0.218. The summed E-state index contributed by atoms with van der Waals surface area (Å²) in [5, 5.41) is 7.90. The third-order valence-corrected chi connectivity index (χ3v) is 5.78. The van der Waals surface area contributed by atoms with Gasteiger partial charge in [0.1, 0.15) is 30.6 Å². The molecule has 9 heteroatoms. The van der Waals surface area contributed by atoms with Gasteiger partial charge in [-0.3, -0.25) is 4.98 Å². The Kier molecular flexibility index (Phi) is 6.14. The Labute approximate surface area is 202 Å². The summed E-state index contributed by atoms with van der Waals surface area (Å²) in [4.78, 5) is 17.6. The molecule has 0 spiro atoms. The second-order valence-corrected chi connectivity index (χ2v) is 8.36. The maximum atomic E-state index is 6.47. The molecule has 0 fully saturated rings. The number of hydrogen-bond acceptors (Lipinski definition) is 8. The summed E-state index contributed by atoms with van der Waals surface area (Å²) in [7, 11) is 0. The average molecular weight is 475 g/mol. The van der Waals surface area contributed by atoms with Gasteiger partial charge in [0.25, 0.3) is 6.02 Å². The predicted octanol–water partition coefficient (Wildman–Crippen LogP) is 5.58. The molecule has 2 atom stereocenters. The third kappa shape index (κ3) is 4.87. The van der Waals surface area contributed by atoms with Crippen LogP contribution in [0.25, 0.3) is 10.9 Å². The molecule has 4 aromatic rings. The Morgan fingerprint density at radius 1 is 0.971 bits per heavy atom. The Morgan fingerprint density at radius 2 is 1.82 bits per heavy atom. The van der Waals surface area contributed by atoms with Crippen molar-refractivity contribution in [2.45, 2.75) is 32.6 Å². The zero-order valence-electron chi connectivity index (χ0n) is 18.7. The molecule has 0 unspecified atom stereocenters. The topological polar surface area (TPSA) is 93.6 Å². The van der Waals surface area contributed by atoms with E-state index in [0.717, 1.165) is 28.0 Å². The van der Waals surface area contributed by atoms with Gasteiger partial charge >= 0.3 is 0 Å². The monoisotopic (exact) mass is 474 g/mol. The first-order valence-electron chi connectivity index (χ1n) is 10.9. The first-order valence-corrected chi connectivity index (χ1v) is 11.3. The van der Waals surface area contributed by atoms with Crippen LogP contribution in [0, 0.1) is 0 Å². The molecule has 1 aliphatic heterocycles. The number of nitrogens with zero attached hydrogens (tertiary/aromatic N) is 4. The van der Waals surface area contributed by atoms with Crippen molar-refractivity contribution in [3.8, 4) is 5.75 Å². The van der Waals surface area contributed by atoms with Crippen LogP contribution >= 0.6 is 11.6 Å². The second kappa shape index (κ2) is 9.52. The molecule has 0 saturated heterocycles. The van der Waals surface area contributed by atoms with Crippen molar-refractivity contribution >= 4 is 45.7 Å². The number of pyridine rings is 1. The molecular formula is C25H23ClN6O2. The standard InChI is InChI=1S/C25H23ClN6O2/c1-15-16(2)34-25(30-15)32-17-6-8-22-20(11-17)24(29-14-28-22)31-18-7-9-23(21(26)12-18)33-13-19-5-3-4-10-27-19/h3-12,14-16H,13H2,1-2H3,(H,30,32)(H,28,29,31)/t15-,16-/m0/s1. The number of anilines is 3. The van der Waals surface area contributed by atoms with Crippen molar-refractivity contribution in [1.29, 1.82) is 0 Å². The molecule has 0 amide bonds. The summed E-state index contributed by atoms with van der Waals surface area (Å²) in [6.07, 6.45) is 3.30. The fourth-order valence-corrected chi connectivity index (χ4v) is 3.72. The van der Waals surface area contributed by atoms with E-state index >= 15 is 0 Å². The van der Waals surface area contributed by atoms with Gasteiger partial charge in [-0.1, -0.05) is 17.7 Å². The van der Waals surface area contributed by atoms with E-state index in [2.05, 4.69) is 30.6 Å². The van der Waals surface area contributed by atoms with Crippen molar-refractivity contribution in [3.63, 3.8) is 0 Å². The van der Waals surface area contributed by atoms with E-state index in [0.29, 0.717) is 29.2 Å². The molecule has 2 aromatic carbocycles. The van der Waals surface area contributed by atoms with Gasteiger partial charge in [0, 0.05) is 23.0 Å². The lowest BCUT2D eigenvalue weighted by atomic mass is 10.2. The van der Waals surface area contributed by atoms with Gasteiger partial charge in [0.2, 0.25) is 0 Å². The normalized spacial score (nSPS) is 17.2. The van der Waals surface area contributed by atoms with Crippen molar-refractivity contribution in [2.24, 2.45) is 4.99 Å². The minimum absolute atomic E-state index is 0.0455. The first kappa shape index (κ1) is 21.9. The second-order valence-electron chi connectivity index (χ2n) is 7.96.